The van der Waals surface area contributed by atoms with E-state index in [4.69, 9.17) is 5.11 Å². The molecule has 0 aromatic carbocycles. The van der Waals surface area contributed by atoms with Gasteiger partial charge in [-0.05, 0) is 12.1 Å². The van der Waals surface area contributed by atoms with Crippen molar-refractivity contribution in [2.24, 2.45) is 0 Å². The maximum Gasteiger partial charge on any atom is 0.506 e. The summed E-state index contributed by atoms with van der Waals surface area (Å²) < 4.78 is 4.24. The van der Waals surface area contributed by atoms with Crippen molar-refractivity contribution in [3.05, 3.63) is 24.0 Å². The first-order valence-corrected chi connectivity index (χ1v) is 2.91. The highest BCUT2D eigenvalue weighted by Gasteiger charge is 1.97. The van der Waals surface area contributed by atoms with Gasteiger partial charge in [0, 0.05) is 6.20 Å². The zero-order chi connectivity index (χ0) is 8.10. The van der Waals surface area contributed by atoms with Crippen LogP contribution in [0.4, 0.5) is 4.79 Å². The molecule has 5 nitrogen and oxygen atoms in total. The van der Waals surface area contributed by atoms with E-state index >= 15 is 0 Å². The number of nitrogens with zero attached hydrogens (tertiary/aromatic N) is 2. The Labute approximate surface area is 62.6 Å². The number of aromatic nitrogens is 2. The Morgan fingerprint density at radius 3 is 3.09 bits per heavy atom. The fraction of sp³-hybridized carbons (Fsp3) is 0.167. The summed E-state index contributed by atoms with van der Waals surface area (Å²) >= 11 is 0. The Morgan fingerprint density at radius 1 is 1.73 bits per heavy atom. The van der Waals surface area contributed by atoms with Crippen molar-refractivity contribution in [3.63, 3.8) is 0 Å². The maximum absolute atomic E-state index is 9.90. The van der Waals surface area contributed by atoms with Gasteiger partial charge in [-0.1, -0.05) is 0 Å². The van der Waals surface area contributed by atoms with Gasteiger partial charge in [-0.25, -0.2) is 4.79 Å². The van der Waals surface area contributed by atoms with Crippen LogP contribution in [0.15, 0.2) is 18.3 Å². The first kappa shape index (κ1) is 7.46. The predicted octanol–water partition coefficient (Wildman–Crippen LogP) is 0.671. The standard InChI is InChI=1S/C6H6N2O3/c9-6(10)11-4-5-2-1-3-7-8-5/h1-3H,4H2,(H,9,10). The molecule has 0 amide bonds. The first-order chi connectivity index (χ1) is 5.29. The van der Waals surface area contributed by atoms with Crippen LogP contribution in [0.1, 0.15) is 5.69 Å². The second-order valence-electron chi connectivity index (χ2n) is 1.77. The van der Waals surface area contributed by atoms with Crippen molar-refractivity contribution in [1.82, 2.24) is 10.2 Å². The van der Waals surface area contributed by atoms with E-state index in [1.54, 1.807) is 12.1 Å². The molecule has 0 saturated heterocycles. The van der Waals surface area contributed by atoms with Gasteiger partial charge in [0.05, 0.1) is 0 Å². The van der Waals surface area contributed by atoms with E-state index in [1.165, 1.54) is 6.20 Å². The maximum atomic E-state index is 9.90. The van der Waals surface area contributed by atoms with Crippen molar-refractivity contribution in [2.75, 3.05) is 0 Å². The van der Waals surface area contributed by atoms with E-state index in [0.29, 0.717) is 5.69 Å². The third kappa shape index (κ3) is 2.61. The molecule has 1 aromatic heterocycles. The highest BCUT2D eigenvalue weighted by molar-refractivity contribution is 5.56. The molecule has 0 fully saturated rings. The summed E-state index contributed by atoms with van der Waals surface area (Å²) in [7, 11) is 0. The lowest BCUT2D eigenvalue weighted by molar-refractivity contribution is 0.0840. The fourth-order valence-electron chi connectivity index (χ4n) is 0.546. The minimum atomic E-state index is -1.31. The molecule has 11 heavy (non-hydrogen) atoms. The molecule has 0 aliphatic heterocycles. The van der Waals surface area contributed by atoms with Gasteiger partial charge >= 0.3 is 6.16 Å². The Morgan fingerprint density at radius 2 is 2.55 bits per heavy atom. The molecule has 0 radical (unpaired) electrons. The third-order valence-electron chi connectivity index (χ3n) is 0.971. The monoisotopic (exact) mass is 154 g/mol. The molecule has 0 atom stereocenters. The van der Waals surface area contributed by atoms with Crippen LogP contribution in [-0.2, 0) is 11.3 Å². The topological polar surface area (TPSA) is 72.3 Å². The first-order valence-electron chi connectivity index (χ1n) is 2.91. The molecule has 0 unspecified atom stereocenters. The van der Waals surface area contributed by atoms with Crippen molar-refractivity contribution in [2.45, 2.75) is 6.61 Å². The number of hydrogen-bond donors (Lipinski definition) is 1. The summed E-state index contributed by atoms with van der Waals surface area (Å²) in [5, 5.41) is 15.3. The number of hydrogen-bond acceptors (Lipinski definition) is 4. The summed E-state index contributed by atoms with van der Waals surface area (Å²) in [6.45, 7) is -0.0524. The average molecular weight is 154 g/mol. The molecule has 0 aliphatic carbocycles. The predicted molar refractivity (Wildman–Crippen MR) is 34.8 cm³/mol. The Hall–Kier alpha value is -1.65. The van der Waals surface area contributed by atoms with Crippen LogP contribution in [0.2, 0.25) is 0 Å². The highest BCUT2D eigenvalue weighted by Crippen LogP contribution is 1.93. The zero-order valence-electron chi connectivity index (χ0n) is 5.60. The summed E-state index contributed by atoms with van der Waals surface area (Å²) in [6, 6.07) is 3.30. The third-order valence-corrected chi connectivity index (χ3v) is 0.971. The van der Waals surface area contributed by atoms with Crippen LogP contribution in [0, 0.1) is 0 Å². The van der Waals surface area contributed by atoms with Crippen molar-refractivity contribution in [1.29, 1.82) is 0 Å². The SMILES string of the molecule is O=C(O)OCc1cccnn1. The molecule has 0 spiro atoms. The Kier molecular flexibility index (Phi) is 2.37. The lowest BCUT2D eigenvalue weighted by atomic mass is 10.4. The molecule has 0 aliphatic rings. The quantitative estimate of drug-likeness (QED) is 0.634. The van der Waals surface area contributed by atoms with E-state index in [9.17, 15) is 4.79 Å². The highest BCUT2D eigenvalue weighted by atomic mass is 16.7. The van der Waals surface area contributed by atoms with E-state index in [0.717, 1.165) is 0 Å². The molecule has 1 N–H and O–H groups in total. The van der Waals surface area contributed by atoms with Gasteiger partial charge in [0.2, 0.25) is 0 Å². The normalized spacial score (nSPS) is 9.09. The molecule has 1 heterocycles. The number of carboxylic acid groups (broad SMARTS) is 1. The molecule has 0 saturated carbocycles. The second kappa shape index (κ2) is 3.50. The van der Waals surface area contributed by atoms with Crippen molar-refractivity contribution in [3.8, 4) is 0 Å². The van der Waals surface area contributed by atoms with E-state index in [1.807, 2.05) is 0 Å². The number of ether oxygens (including phenoxy) is 1. The molecule has 58 valence electrons. The van der Waals surface area contributed by atoms with Gasteiger partial charge in [0.1, 0.15) is 12.3 Å². The Bertz CT molecular complexity index is 237. The zero-order valence-corrected chi connectivity index (χ0v) is 5.60. The Balaban J connectivity index is 2.45. The lowest BCUT2D eigenvalue weighted by Crippen LogP contribution is -2.01. The van der Waals surface area contributed by atoms with E-state index < -0.39 is 6.16 Å². The summed E-state index contributed by atoms with van der Waals surface area (Å²) in [5.74, 6) is 0. The van der Waals surface area contributed by atoms with Crippen LogP contribution in [0.25, 0.3) is 0 Å². The van der Waals surface area contributed by atoms with Crippen LogP contribution < -0.4 is 0 Å². The average Bonchev–Trinajstić information content (AvgIpc) is 2.03. The molecular weight excluding hydrogens is 148 g/mol. The van der Waals surface area contributed by atoms with E-state index in [2.05, 4.69) is 14.9 Å². The van der Waals surface area contributed by atoms with Crippen molar-refractivity contribution < 1.29 is 14.6 Å². The lowest BCUT2D eigenvalue weighted by Gasteiger charge is -1.96. The molecule has 5 heteroatoms. The summed E-state index contributed by atoms with van der Waals surface area (Å²) in [5.41, 5.74) is 0.495. The molecule has 1 rings (SSSR count). The van der Waals surface area contributed by atoms with Crippen LogP contribution in [-0.4, -0.2) is 21.5 Å². The largest absolute Gasteiger partial charge is 0.506 e. The fourth-order valence-corrected chi connectivity index (χ4v) is 0.546. The summed E-state index contributed by atoms with van der Waals surface area (Å²) in [4.78, 5) is 9.90. The van der Waals surface area contributed by atoms with Gasteiger partial charge < -0.3 is 9.84 Å². The number of carbonyl (C=O) groups is 1. The minimum absolute atomic E-state index is 0.0524. The molecule has 0 bridgehead atoms. The molecular formula is C6H6N2O3. The van der Waals surface area contributed by atoms with Crippen LogP contribution >= 0.6 is 0 Å². The number of rotatable bonds is 2. The van der Waals surface area contributed by atoms with Gasteiger partial charge in [-0.3, -0.25) is 0 Å². The van der Waals surface area contributed by atoms with Gasteiger partial charge in [-0.15, -0.1) is 0 Å². The van der Waals surface area contributed by atoms with Gasteiger partial charge in [0.15, 0.2) is 0 Å². The molecule has 1 aromatic rings. The minimum Gasteiger partial charge on any atom is -0.450 e. The second-order valence-corrected chi connectivity index (χ2v) is 1.77. The summed E-state index contributed by atoms with van der Waals surface area (Å²) in [6.07, 6.45) is 0.195. The van der Waals surface area contributed by atoms with E-state index in [-0.39, 0.29) is 6.61 Å². The van der Waals surface area contributed by atoms with Gasteiger partial charge in [0.25, 0.3) is 0 Å². The van der Waals surface area contributed by atoms with Crippen molar-refractivity contribution >= 4 is 6.16 Å². The van der Waals surface area contributed by atoms with Gasteiger partial charge in [-0.2, -0.15) is 10.2 Å². The van der Waals surface area contributed by atoms with Crippen LogP contribution in [0.3, 0.4) is 0 Å². The smallest absolute Gasteiger partial charge is 0.450 e. The van der Waals surface area contributed by atoms with Crippen LogP contribution in [0.5, 0.6) is 0 Å².